The number of amides is 1. The SMILES string of the molecule is CCN(CC)C(=O)CN1CCN(c2ncnc3c2nnn3CC)CC1. The van der Waals surface area contributed by atoms with Gasteiger partial charge in [0.2, 0.25) is 5.91 Å². The van der Waals surface area contributed by atoms with E-state index >= 15 is 0 Å². The van der Waals surface area contributed by atoms with Gasteiger partial charge < -0.3 is 9.80 Å². The summed E-state index contributed by atoms with van der Waals surface area (Å²) in [5, 5.41) is 8.39. The lowest BCUT2D eigenvalue weighted by molar-refractivity contribution is -0.132. The van der Waals surface area contributed by atoms with E-state index in [4.69, 9.17) is 0 Å². The van der Waals surface area contributed by atoms with Crippen molar-refractivity contribution in [1.82, 2.24) is 34.8 Å². The molecule has 0 N–H and O–H groups in total. The van der Waals surface area contributed by atoms with Gasteiger partial charge in [-0.1, -0.05) is 5.21 Å². The van der Waals surface area contributed by atoms with Crippen molar-refractivity contribution < 1.29 is 4.79 Å². The Kier molecular flexibility index (Phi) is 5.42. The predicted octanol–water partition coefficient (Wildman–Crippen LogP) is 0.232. The average molecular weight is 346 g/mol. The number of carbonyl (C=O) groups excluding carboxylic acids is 1. The predicted molar refractivity (Wildman–Crippen MR) is 95.4 cm³/mol. The third-order valence-corrected chi connectivity index (χ3v) is 4.73. The minimum absolute atomic E-state index is 0.203. The number of carbonyl (C=O) groups is 1. The molecule has 0 bridgehead atoms. The van der Waals surface area contributed by atoms with E-state index in [0.29, 0.717) is 6.54 Å². The highest BCUT2D eigenvalue weighted by atomic mass is 16.2. The molecule has 0 spiro atoms. The molecule has 1 aliphatic rings. The van der Waals surface area contributed by atoms with E-state index in [9.17, 15) is 4.79 Å². The minimum Gasteiger partial charge on any atom is -0.352 e. The molecule has 3 heterocycles. The molecule has 1 aliphatic heterocycles. The van der Waals surface area contributed by atoms with E-state index in [2.05, 4.69) is 30.1 Å². The summed E-state index contributed by atoms with van der Waals surface area (Å²) in [4.78, 5) is 27.3. The summed E-state index contributed by atoms with van der Waals surface area (Å²) in [6, 6.07) is 0. The first-order valence-electron chi connectivity index (χ1n) is 8.97. The fourth-order valence-electron chi connectivity index (χ4n) is 3.21. The smallest absolute Gasteiger partial charge is 0.236 e. The van der Waals surface area contributed by atoms with Crippen LogP contribution in [0.25, 0.3) is 11.2 Å². The second-order valence-electron chi connectivity index (χ2n) is 6.10. The molecule has 0 radical (unpaired) electrons. The number of piperazine rings is 1. The molecule has 3 rings (SSSR count). The maximum absolute atomic E-state index is 12.3. The molecule has 1 amide bonds. The molecule has 0 aromatic carbocycles. The fraction of sp³-hybridized carbons (Fsp3) is 0.688. The van der Waals surface area contributed by atoms with Crippen molar-refractivity contribution in [3.63, 3.8) is 0 Å². The maximum atomic E-state index is 12.3. The zero-order chi connectivity index (χ0) is 17.8. The molecule has 1 fully saturated rings. The van der Waals surface area contributed by atoms with Gasteiger partial charge in [0.1, 0.15) is 6.33 Å². The first kappa shape index (κ1) is 17.5. The van der Waals surface area contributed by atoms with Gasteiger partial charge in [-0.25, -0.2) is 14.6 Å². The summed E-state index contributed by atoms with van der Waals surface area (Å²) in [5.41, 5.74) is 1.52. The number of aromatic nitrogens is 5. The van der Waals surface area contributed by atoms with Crippen molar-refractivity contribution in [2.45, 2.75) is 27.3 Å². The van der Waals surface area contributed by atoms with Gasteiger partial charge in [-0.15, -0.1) is 5.10 Å². The second-order valence-corrected chi connectivity index (χ2v) is 6.10. The van der Waals surface area contributed by atoms with Crippen molar-refractivity contribution in [2.75, 3.05) is 50.7 Å². The minimum atomic E-state index is 0.203. The number of rotatable bonds is 6. The molecular formula is C16H26N8O. The van der Waals surface area contributed by atoms with Crippen LogP contribution in [-0.4, -0.2) is 86.5 Å². The van der Waals surface area contributed by atoms with Crippen molar-refractivity contribution >= 4 is 22.9 Å². The molecular weight excluding hydrogens is 320 g/mol. The molecule has 9 nitrogen and oxygen atoms in total. The lowest BCUT2D eigenvalue weighted by Crippen LogP contribution is -2.50. The highest BCUT2D eigenvalue weighted by molar-refractivity contribution is 5.82. The van der Waals surface area contributed by atoms with E-state index in [1.54, 1.807) is 11.0 Å². The van der Waals surface area contributed by atoms with Gasteiger partial charge in [0.15, 0.2) is 17.0 Å². The summed E-state index contributed by atoms with van der Waals surface area (Å²) in [6.07, 6.45) is 1.57. The van der Waals surface area contributed by atoms with Crippen LogP contribution >= 0.6 is 0 Å². The fourth-order valence-corrected chi connectivity index (χ4v) is 3.21. The number of anilines is 1. The van der Waals surface area contributed by atoms with Crippen LogP contribution in [0.15, 0.2) is 6.33 Å². The number of aryl methyl sites for hydroxylation is 1. The third-order valence-electron chi connectivity index (χ3n) is 4.73. The van der Waals surface area contributed by atoms with E-state index in [0.717, 1.165) is 62.8 Å². The monoisotopic (exact) mass is 346 g/mol. The van der Waals surface area contributed by atoms with Gasteiger partial charge in [0, 0.05) is 45.8 Å². The molecule has 1 saturated heterocycles. The van der Waals surface area contributed by atoms with Crippen molar-refractivity contribution in [1.29, 1.82) is 0 Å². The first-order valence-corrected chi connectivity index (χ1v) is 8.97. The number of likely N-dealkylation sites (N-methyl/N-ethyl adjacent to an activating group) is 1. The van der Waals surface area contributed by atoms with E-state index < -0.39 is 0 Å². The Hall–Kier alpha value is -2.29. The zero-order valence-electron chi connectivity index (χ0n) is 15.2. The molecule has 2 aromatic heterocycles. The molecule has 0 unspecified atom stereocenters. The Labute approximate surface area is 147 Å². The third kappa shape index (κ3) is 3.55. The molecule has 0 saturated carbocycles. The standard InChI is InChI=1S/C16H26N8O/c1-4-22(5-2)13(25)11-21-7-9-23(10-8-21)15-14-16(18-12-17-15)24(6-3)20-19-14/h12H,4-11H2,1-3H3. The highest BCUT2D eigenvalue weighted by Gasteiger charge is 2.24. The van der Waals surface area contributed by atoms with E-state index in [-0.39, 0.29) is 5.91 Å². The summed E-state index contributed by atoms with van der Waals surface area (Å²) < 4.78 is 1.78. The molecule has 0 aliphatic carbocycles. The van der Waals surface area contributed by atoms with Crippen LogP contribution in [0.4, 0.5) is 5.82 Å². The number of hydrogen-bond donors (Lipinski definition) is 0. The van der Waals surface area contributed by atoms with Gasteiger partial charge in [0.25, 0.3) is 0 Å². The van der Waals surface area contributed by atoms with E-state index in [1.165, 1.54) is 0 Å². The van der Waals surface area contributed by atoms with Gasteiger partial charge in [-0.2, -0.15) is 0 Å². The van der Waals surface area contributed by atoms with Gasteiger partial charge in [0.05, 0.1) is 6.54 Å². The summed E-state index contributed by atoms with van der Waals surface area (Å²) in [7, 11) is 0. The van der Waals surface area contributed by atoms with E-state index in [1.807, 2.05) is 25.7 Å². The average Bonchev–Trinajstić information content (AvgIpc) is 3.06. The first-order chi connectivity index (χ1) is 12.2. The normalized spacial score (nSPS) is 15.7. The molecule has 136 valence electrons. The van der Waals surface area contributed by atoms with Crippen LogP contribution in [0.2, 0.25) is 0 Å². The zero-order valence-corrected chi connectivity index (χ0v) is 15.2. The van der Waals surface area contributed by atoms with Crippen molar-refractivity contribution in [3.8, 4) is 0 Å². The van der Waals surface area contributed by atoms with Crippen LogP contribution in [0, 0.1) is 0 Å². The van der Waals surface area contributed by atoms with Crippen molar-refractivity contribution in [3.05, 3.63) is 6.33 Å². The molecule has 0 atom stereocenters. The van der Waals surface area contributed by atoms with Gasteiger partial charge in [-0.05, 0) is 20.8 Å². The molecule has 9 heteroatoms. The van der Waals surface area contributed by atoms with Crippen LogP contribution in [0.1, 0.15) is 20.8 Å². The topological polar surface area (TPSA) is 83.3 Å². The van der Waals surface area contributed by atoms with Crippen LogP contribution < -0.4 is 4.90 Å². The molecule has 25 heavy (non-hydrogen) atoms. The van der Waals surface area contributed by atoms with Crippen molar-refractivity contribution in [2.24, 2.45) is 0 Å². The van der Waals surface area contributed by atoms with Crippen LogP contribution in [0.5, 0.6) is 0 Å². The van der Waals surface area contributed by atoms with Crippen LogP contribution in [-0.2, 0) is 11.3 Å². The largest absolute Gasteiger partial charge is 0.352 e. The number of fused-ring (bicyclic) bond motifs is 1. The van der Waals surface area contributed by atoms with Gasteiger partial charge >= 0.3 is 0 Å². The summed E-state index contributed by atoms with van der Waals surface area (Å²) >= 11 is 0. The number of nitrogens with zero attached hydrogens (tertiary/aromatic N) is 8. The maximum Gasteiger partial charge on any atom is 0.236 e. The van der Waals surface area contributed by atoms with Gasteiger partial charge in [-0.3, -0.25) is 9.69 Å². The summed E-state index contributed by atoms with van der Waals surface area (Å²) in [5.74, 6) is 1.04. The second kappa shape index (κ2) is 7.73. The Morgan fingerprint density at radius 3 is 2.48 bits per heavy atom. The lowest BCUT2D eigenvalue weighted by atomic mass is 10.3. The highest BCUT2D eigenvalue weighted by Crippen LogP contribution is 2.21. The Morgan fingerprint density at radius 2 is 1.84 bits per heavy atom. The Morgan fingerprint density at radius 1 is 1.12 bits per heavy atom. The molecule has 2 aromatic rings. The Bertz CT molecular complexity index is 718. The lowest BCUT2D eigenvalue weighted by Gasteiger charge is -2.35. The van der Waals surface area contributed by atoms with Crippen LogP contribution in [0.3, 0.4) is 0 Å². The quantitative estimate of drug-likeness (QED) is 0.740. The Balaban J connectivity index is 1.65. The summed E-state index contributed by atoms with van der Waals surface area (Å²) in [6.45, 7) is 12.1. The number of hydrogen-bond acceptors (Lipinski definition) is 7.